The van der Waals surface area contributed by atoms with Crippen LogP contribution in [0.15, 0.2) is 12.1 Å². The van der Waals surface area contributed by atoms with Gasteiger partial charge in [0, 0.05) is 5.56 Å². The molecule has 0 fully saturated rings. The summed E-state index contributed by atoms with van der Waals surface area (Å²) in [5, 5.41) is 10.7. The Morgan fingerprint density at radius 2 is 2.00 bits per heavy atom. The summed E-state index contributed by atoms with van der Waals surface area (Å²) in [4.78, 5) is 9.96. The van der Waals surface area contributed by atoms with Crippen LogP contribution in [-0.2, 0) is 0 Å². The summed E-state index contributed by atoms with van der Waals surface area (Å²) >= 11 is 0. The number of benzene rings is 1. The number of halogens is 2. The molecule has 1 aromatic carbocycles. The maximum atomic E-state index is 13.0. The number of hydrogen-bond donors (Lipinski definition) is 1. The van der Waals surface area contributed by atoms with Crippen molar-refractivity contribution in [3.8, 4) is 0 Å². The number of nitrogens with two attached hydrogens (primary N) is 1. The van der Waals surface area contributed by atoms with Crippen LogP contribution in [0.5, 0.6) is 0 Å². The quantitative estimate of drug-likeness (QED) is 0.637. The highest BCUT2D eigenvalue weighted by atomic mass is 19.2. The van der Waals surface area contributed by atoms with Gasteiger partial charge in [-0.15, -0.1) is 0 Å². The highest BCUT2D eigenvalue weighted by molar-refractivity contribution is 5.43. The van der Waals surface area contributed by atoms with Gasteiger partial charge in [-0.05, 0) is 24.9 Å². The second-order valence-electron chi connectivity index (χ2n) is 3.56. The number of nitro groups is 1. The monoisotopic (exact) mass is 230 g/mol. The summed E-state index contributed by atoms with van der Waals surface area (Å²) in [5.74, 6) is -2.57. The molecule has 0 aliphatic carbocycles. The lowest BCUT2D eigenvalue weighted by Gasteiger charge is -2.11. The summed E-state index contributed by atoms with van der Waals surface area (Å²) in [6.45, 7) is 2.02. The minimum atomic E-state index is -1.21. The van der Waals surface area contributed by atoms with E-state index in [0.717, 1.165) is 6.07 Å². The highest BCUT2D eigenvalue weighted by Crippen LogP contribution is 2.30. The van der Waals surface area contributed by atoms with E-state index in [-0.39, 0.29) is 11.5 Å². The second-order valence-corrected chi connectivity index (χ2v) is 3.56. The molecule has 0 radical (unpaired) electrons. The average Bonchev–Trinajstić information content (AvgIpc) is 2.21. The Hall–Kier alpha value is -1.56. The van der Waals surface area contributed by atoms with Crippen LogP contribution in [-0.4, -0.2) is 11.5 Å². The first kappa shape index (κ1) is 12.5. The topological polar surface area (TPSA) is 69.2 Å². The zero-order valence-corrected chi connectivity index (χ0v) is 8.74. The minimum Gasteiger partial charge on any atom is -0.330 e. The molecule has 4 nitrogen and oxygen atoms in total. The van der Waals surface area contributed by atoms with Gasteiger partial charge in [0.05, 0.1) is 11.0 Å². The molecule has 1 rings (SSSR count). The Balaban J connectivity index is 3.24. The predicted molar refractivity (Wildman–Crippen MR) is 55.1 cm³/mol. The van der Waals surface area contributed by atoms with Crippen molar-refractivity contribution >= 4 is 5.69 Å². The van der Waals surface area contributed by atoms with E-state index in [9.17, 15) is 18.9 Å². The molecule has 2 N–H and O–H groups in total. The van der Waals surface area contributed by atoms with Crippen molar-refractivity contribution in [2.45, 2.75) is 19.3 Å². The maximum absolute atomic E-state index is 13.0. The normalized spacial score (nSPS) is 12.5. The van der Waals surface area contributed by atoms with Crippen LogP contribution in [0.4, 0.5) is 14.5 Å². The van der Waals surface area contributed by atoms with Crippen LogP contribution in [0.1, 0.15) is 24.8 Å². The molecule has 0 saturated carbocycles. The van der Waals surface area contributed by atoms with E-state index < -0.39 is 22.2 Å². The fourth-order valence-corrected chi connectivity index (χ4v) is 1.51. The lowest BCUT2D eigenvalue weighted by Crippen LogP contribution is -2.07. The molecule has 1 aromatic rings. The standard InChI is InChI=1S/C10H12F2N2O2/c1-6(2-3-13)7-4-8(11)9(12)5-10(7)14(15)16/h4-6H,2-3,13H2,1H3. The Labute approximate surface area is 91.2 Å². The Kier molecular flexibility index (Phi) is 3.89. The molecule has 0 heterocycles. The molecule has 0 spiro atoms. The summed E-state index contributed by atoms with van der Waals surface area (Å²) in [6.07, 6.45) is 0.478. The average molecular weight is 230 g/mol. The third-order valence-corrected chi connectivity index (χ3v) is 2.40. The molecule has 0 aliphatic heterocycles. The van der Waals surface area contributed by atoms with Crippen LogP contribution < -0.4 is 5.73 Å². The van der Waals surface area contributed by atoms with Gasteiger partial charge in [-0.3, -0.25) is 10.1 Å². The van der Waals surface area contributed by atoms with Gasteiger partial charge in [0.15, 0.2) is 11.6 Å². The lowest BCUT2D eigenvalue weighted by molar-refractivity contribution is -0.386. The van der Waals surface area contributed by atoms with E-state index in [1.54, 1.807) is 6.92 Å². The first-order chi connectivity index (χ1) is 7.47. The molecule has 1 atom stereocenters. The molecule has 88 valence electrons. The molecular formula is C10H12F2N2O2. The van der Waals surface area contributed by atoms with Crippen molar-refractivity contribution in [1.29, 1.82) is 0 Å². The van der Waals surface area contributed by atoms with E-state index >= 15 is 0 Å². The summed E-state index contributed by atoms with van der Waals surface area (Å²) < 4.78 is 25.9. The van der Waals surface area contributed by atoms with E-state index in [4.69, 9.17) is 5.73 Å². The first-order valence-corrected chi connectivity index (χ1v) is 4.80. The molecule has 16 heavy (non-hydrogen) atoms. The van der Waals surface area contributed by atoms with E-state index in [1.165, 1.54) is 0 Å². The van der Waals surface area contributed by atoms with Gasteiger partial charge in [-0.1, -0.05) is 6.92 Å². The third kappa shape index (κ3) is 2.52. The number of nitrogens with zero attached hydrogens (tertiary/aromatic N) is 1. The van der Waals surface area contributed by atoms with E-state index in [2.05, 4.69) is 0 Å². The fraction of sp³-hybridized carbons (Fsp3) is 0.400. The van der Waals surface area contributed by atoms with Crippen molar-refractivity contribution in [1.82, 2.24) is 0 Å². The molecule has 0 aliphatic rings. The van der Waals surface area contributed by atoms with Crippen molar-refractivity contribution < 1.29 is 13.7 Å². The number of rotatable bonds is 4. The lowest BCUT2D eigenvalue weighted by atomic mass is 9.96. The van der Waals surface area contributed by atoms with Crippen LogP contribution in [0.25, 0.3) is 0 Å². The van der Waals surface area contributed by atoms with E-state index in [1.807, 2.05) is 0 Å². The SMILES string of the molecule is CC(CCN)c1cc(F)c(F)cc1[N+](=O)[O-]. The minimum absolute atomic E-state index is 0.175. The summed E-state index contributed by atoms with van der Waals surface area (Å²) in [6, 6.07) is 1.48. The molecule has 0 saturated heterocycles. The van der Waals surface area contributed by atoms with Gasteiger partial charge in [0.2, 0.25) is 0 Å². The Morgan fingerprint density at radius 3 is 2.50 bits per heavy atom. The van der Waals surface area contributed by atoms with Crippen LogP contribution >= 0.6 is 0 Å². The first-order valence-electron chi connectivity index (χ1n) is 4.80. The third-order valence-electron chi connectivity index (χ3n) is 2.40. The molecule has 0 amide bonds. The number of hydrogen-bond acceptors (Lipinski definition) is 3. The fourth-order valence-electron chi connectivity index (χ4n) is 1.51. The summed E-state index contributed by atoms with van der Waals surface area (Å²) in [5.41, 5.74) is 5.10. The van der Waals surface area contributed by atoms with Crippen LogP contribution in [0.2, 0.25) is 0 Å². The predicted octanol–water partition coefficient (Wildman–Crippen LogP) is 2.33. The number of nitro benzene ring substituents is 1. The van der Waals surface area contributed by atoms with Gasteiger partial charge in [0.25, 0.3) is 5.69 Å². The van der Waals surface area contributed by atoms with Crippen molar-refractivity contribution in [2.75, 3.05) is 6.54 Å². The van der Waals surface area contributed by atoms with Gasteiger partial charge in [-0.25, -0.2) is 8.78 Å². The van der Waals surface area contributed by atoms with Crippen LogP contribution in [0, 0.1) is 21.7 Å². The maximum Gasteiger partial charge on any atom is 0.275 e. The Morgan fingerprint density at radius 1 is 1.44 bits per heavy atom. The van der Waals surface area contributed by atoms with Crippen molar-refractivity contribution in [2.24, 2.45) is 5.73 Å². The molecule has 0 aromatic heterocycles. The molecule has 0 bridgehead atoms. The highest BCUT2D eigenvalue weighted by Gasteiger charge is 2.22. The second kappa shape index (κ2) is 4.98. The van der Waals surface area contributed by atoms with Gasteiger partial charge >= 0.3 is 0 Å². The molecule has 1 unspecified atom stereocenters. The zero-order chi connectivity index (χ0) is 12.3. The van der Waals surface area contributed by atoms with Crippen molar-refractivity contribution in [3.05, 3.63) is 39.4 Å². The molecular weight excluding hydrogens is 218 g/mol. The van der Waals surface area contributed by atoms with Crippen molar-refractivity contribution in [3.63, 3.8) is 0 Å². The van der Waals surface area contributed by atoms with E-state index in [0.29, 0.717) is 19.0 Å². The van der Waals surface area contributed by atoms with Gasteiger partial charge < -0.3 is 5.73 Å². The molecule has 6 heteroatoms. The van der Waals surface area contributed by atoms with Gasteiger partial charge in [-0.2, -0.15) is 0 Å². The smallest absolute Gasteiger partial charge is 0.275 e. The zero-order valence-electron chi connectivity index (χ0n) is 8.74. The largest absolute Gasteiger partial charge is 0.330 e. The Bertz CT molecular complexity index is 410. The van der Waals surface area contributed by atoms with Crippen LogP contribution in [0.3, 0.4) is 0 Å². The summed E-state index contributed by atoms with van der Waals surface area (Å²) in [7, 11) is 0. The van der Waals surface area contributed by atoms with Gasteiger partial charge in [0.1, 0.15) is 0 Å².